The van der Waals surface area contributed by atoms with Crippen molar-refractivity contribution < 1.29 is 125 Å². The average molecular weight is 1610 g/mol. The number of amides is 1. The van der Waals surface area contributed by atoms with Crippen molar-refractivity contribution in [2.45, 2.75) is 112 Å². The van der Waals surface area contributed by atoms with Crippen molar-refractivity contribution in [2.75, 3.05) is 53.9 Å². The normalized spacial score (nSPS) is 16.6. The number of nitrogens with two attached hydrogens (primary N) is 1. The van der Waals surface area contributed by atoms with Crippen molar-refractivity contribution in [3.8, 4) is 5.75 Å². The van der Waals surface area contributed by atoms with E-state index in [1.807, 2.05) is 61.5 Å². The van der Waals surface area contributed by atoms with Gasteiger partial charge in [0.25, 0.3) is 31.7 Å². The van der Waals surface area contributed by atoms with Crippen LogP contribution in [-0.2, 0) is 127 Å². The topological polar surface area (TPSA) is 381 Å². The van der Waals surface area contributed by atoms with Crippen LogP contribution in [0.5, 0.6) is 5.75 Å². The minimum absolute atomic E-state index is 0. The van der Waals surface area contributed by atoms with Crippen LogP contribution in [0.1, 0.15) is 105 Å². The molecule has 1 aliphatic carbocycles. The van der Waals surface area contributed by atoms with Crippen LogP contribution in [0.25, 0.3) is 11.2 Å². The Morgan fingerprint density at radius 1 is 0.851 bits per heavy atom. The number of carbonyl (C=O) groups excluding carboxylic acids is 1. The van der Waals surface area contributed by atoms with Crippen molar-refractivity contribution in [1.82, 2.24) is 25.3 Å². The van der Waals surface area contributed by atoms with Gasteiger partial charge >= 0.3 is 5.97 Å². The summed E-state index contributed by atoms with van der Waals surface area (Å²) in [7, 11) is -15.4. The van der Waals surface area contributed by atoms with Gasteiger partial charge in [-0.3, -0.25) is 23.3 Å². The number of benzene rings is 4. The van der Waals surface area contributed by atoms with Gasteiger partial charge in [0, 0.05) is 131 Å². The second-order valence-corrected chi connectivity index (χ2v) is 30.5. The number of fused-ring (bicyclic) bond motifs is 3. The van der Waals surface area contributed by atoms with Crippen molar-refractivity contribution >= 4 is 92.0 Å². The summed E-state index contributed by atoms with van der Waals surface area (Å²) in [6.07, 6.45) is 12.7. The number of aromatic nitrogens is 4. The summed E-state index contributed by atoms with van der Waals surface area (Å²) >= 11 is 0. The second-order valence-electron chi connectivity index (χ2n) is 23.7. The summed E-state index contributed by atoms with van der Waals surface area (Å²) in [5, 5.41) is 16.1. The molecular formula is C63H71N9O16S4WY. The predicted octanol–water partition coefficient (Wildman–Crippen LogP) is 7.12. The molecule has 0 bridgehead atoms. The Balaban J connectivity index is 0.00000625. The molecule has 7 N–H and O–H groups in total. The van der Waals surface area contributed by atoms with Gasteiger partial charge in [-0.1, -0.05) is 32.1 Å². The van der Waals surface area contributed by atoms with Crippen molar-refractivity contribution in [3.63, 3.8) is 0 Å². The monoisotopic (exact) mass is 1610 g/mol. The van der Waals surface area contributed by atoms with E-state index < -0.39 is 86.0 Å². The number of sulfone groups is 1. The fraction of sp³-hybridized carbons (Fsp3) is 0.349. The van der Waals surface area contributed by atoms with E-state index in [-0.39, 0.29) is 119 Å². The Bertz CT molecular complexity index is 4620. The number of nitrogens with one attached hydrogen (secondary N) is 3. The fourth-order valence-corrected chi connectivity index (χ4v) is 14.0. The smallest absolute Gasteiger partial charge is 0.326 e. The second kappa shape index (κ2) is 30.2. The van der Waals surface area contributed by atoms with Crippen LogP contribution in [0.3, 0.4) is 0 Å². The number of allylic oxidation sites excluding steroid dienone is 7. The zero-order valence-corrected chi connectivity index (χ0v) is 61.3. The number of carboxylic acid groups (broad SMARTS) is 1. The number of hydrogen-bond acceptors (Lipinski definition) is 20. The molecule has 4 aromatic carbocycles. The van der Waals surface area contributed by atoms with Crippen LogP contribution in [-0.4, -0.2) is 134 Å². The zero-order chi connectivity index (χ0) is 66.7. The van der Waals surface area contributed by atoms with E-state index in [1.165, 1.54) is 30.5 Å². The standard InChI is InChI=1S/C63H71N9O16S4.W.Y/c1-62(2)48-35-46(89(6,77)78)24-26-51(48)71(30-7-9-32-90(79,80)81)53(62)28-18-40-12-11-13-41(19-29-54-63(3,4)49-36-47(92(85,86)87-5)25-27-52(49)72(54)31-8-10-33-91(82,83)84)56(40)88-45-22-14-39(15-23-45)34-50(60(75)76)68-58(73)42-16-20-43(21-17-42)65-37-44-38-66-57-55(67-44)59(74)70-61(64)69-57;;/h14-29,35-36,38,50H,7-13,30-34,37H2,1-6H3,(H7-,64,65,66,68,69,70,73,74,75,76,79,80,81,82,83,84);;/t50-;;/m0../s1. The summed E-state index contributed by atoms with van der Waals surface area (Å²) in [6.45, 7) is 8.56. The van der Waals surface area contributed by atoms with E-state index >= 15 is 0 Å². The van der Waals surface area contributed by atoms with Crippen LogP contribution < -0.4 is 31.6 Å². The summed E-state index contributed by atoms with van der Waals surface area (Å²) in [5.74, 6) is -2.17. The number of nitrogen functional groups attached to an aromatic ring is 1. The first-order valence-corrected chi connectivity index (χ1v) is 35.8. The molecule has 9 rings (SSSR count). The first kappa shape index (κ1) is 74.7. The maximum absolute atomic E-state index is 13.5. The van der Waals surface area contributed by atoms with Gasteiger partial charge in [0.2, 0.25) is 11.6 Å². The van der Waals surface area contributed by atoms with Gasteiger partial charge in [-0.05, 0) is 154 Å². The molecule has 25 nitrogen and oxygen atoms in total. The van der Waals surface area contributed by atoms with E-state index in [0.29, 0.717) is 78.4 Å². The zero-order valence-electron chi connectivity index (χ0n) is 52.3. The minimum atomic E-state index is -4.50. The van der Waals surface area contributed by atoms with Gasteiger partial charge in [0.1, 0.15) is 24.1 Å². The van der Waals surface area contributed by atoms with E-state index in [4.69, 9.17) is 14.7 Å². The summed E-state index contributed by atoms with van der Waals surface area (Å²) in [4.78, 5) is 55.5. The molecule has 0 fully saturated rings. The molecule has 1 amide bonds. The number of ether oxygens (including phenoxy) is 1. The number of unbranched alkanes of at least 4 members (excludes halogenated alkanes) is 2. The molecule has 4 heterocycles. The number of H-pyrrole nitrogens is 1. The SMILES string of the molecule is COS(=O)(=O)c1ccc2c(c1)C(C)(C)C(=CC=C1CCCC(C=CC3=[N+](CCCCS(=O)(=O)O)c4ccc(S(C)(=O)=O)cc4C3(C)C)=C1Oc1ccc(C[C@H](NC(=O)c3ccc(NCc4cnc5nc(N)[nH]c(=O)c5n4)cc3)C(=O)O)cc1)N2CCCCS(=O)(=O)[O-].[W].[Y]. The first-order chi connectivity index (χ1) is 43.2. The van der Waals surface area contributed by atoms with Crippen LogP contribution in [0.15, 0.2) is 153 Å². The number of anilines is 3. The number of aliphatic carboxylic acids is 1. The molecule has 2 aromatic heterocycles. The molecule has 0 unspecified atom stereocenters. The van der Waals surface area contributed by atoms with Gasteiger partial charge in [-0.15, -0.1) is 0 Å². The molecule has 1 radical (unpaired) electrons. The van der Waals surface area contributed by atoms with Gasteiger partial charge in [0.05, 0.1) is 56.6 Å². The van der Waals surface area contributed by atoms with Crippen LogP contribution in [0.2, 0.25) is 0 Å². The molecule has 1 atom stereocenters. The fourth-order valence-electron chi connectivity index (χ4n) is 11.6. The molecule has 2 aliphatic heterocycles. The number of carboxylic acids is 1. The Hall–Kier alpha value is -6.66. The molecule has 31 heteroatoms. The van der Waals surface area contributed by atoms with Gasteiger partial charge in [-0.25, -0.2) is 31.6 Å². The Morgan fingerprint density at radius 3 is 2.19 bits per heavy atom. The summed E-state index contributed by atoms with van der Waals surface area (Å²) in [6, 6.07) is 21.3. The number of carbonyl (C=O) groups is 2. The third-order valence-corrected chi connectivity index (χ3v) is 20.4. The number of rotatable bonds is 26. The van der Waals surface area contributed by atoms with Crippen molar-refractivity contribution in [2.24, 2.45) is 0 Å². The molecule has 3 aliphatic rings. The van der Waals surface area contributed by atoms with Gasteiger partial charge in [0.15, 0.2) is 26.7 Å². The summed E-state index contributed by atoms with van der Waals surface area (Å²) < 4.78 is 133. The molecule has 0 saturated heterocycles. The average Bonchev–Trinajstić information content (AvgIpc) is 1.59. The largest absolute Gasteiger partial charge is 0.748 e. The summed E-state index contributed by atoms with van der Waals surface area (Å²) in [5.41, 5.74) is 11.1. The maximum Gasteiger partial charge on any atom is 0.326 e. The van der Waals surface area contributed by atoms with E-state index in [2.05, 4.69) is 30.6 Å². The van der Waals surface area contributed by atoms with E-state index in [1.54, 1.807) is 60.7 Å². The molecular weight excluding hydrogens is 1540 g/mol. The van der Waals surface area contributed by atoms with Crippen molar-refractivity contribution in [3.05, 3.63) is 176 Å². The number of hydrogen-bond donors (Lipinski definition) is 6. The number of nitrogens with zero attached hydrogens (tertiary/aromatic N) is 5. The number of aromatic amines is 1. The molecule has 94 heavy (non-hydrogen) atoms. The molecule has 497 valence electrons. The van der Waals surface area contributed by atoms with Gasteiger partial charge in [-0.2, -0.15) is 26.4 Å². The quantitative estimate of drug-likeness (QED) is 0.0136. The van der Waals surface area contributed by atoms with Gasteiger partial charge < -0.3 is 35.7 Å². The third kappa shape index (κ3) is 17.9. The Morgan fingerprint density at radius 2 is 1.53 bits per heavy atom. The maximum atomic E-state index is 13.5. The Kier molecular flexibility index (Phi) is 24.0. The minimum Gasteiger partial charge on any atom is -0.748 e. The molecule has 6 aromatic rings. The van der Waals surface area contributed by atoms with E-state index in [0.717, 1.165) is 47.2 Å². The predicted molar refractivity (Wildman–Crippen MR) is 345 cm³/mol. The Labute approximate surface area is 585 Å². The van der Waals surface area contributed by atoms with E-state index in [9.17, 15) is 62.3 Å². The molecule has 0 saturated carbocycles. The van der Waals surface area contributed by atoms with Crippen LogP contribution in [0.4, 0.5) is 23.0 Å². The van der Waals surface area contributed by atoms with Crippen LogP contribution in [0, 0.1) is 0 Å². The van der Waals surface area contributed by atoms with Crippen molar-refractivity contribution in [1.29, 1.82) is 0 Å². The van der Waals surface area contributed by atoms with Crippen LogP contribution >= 0.6 is 0 Å². The molecule has 0 spiro atoms. The first-order valence-electron chi connectivity index (χ1n) is 29.3. The third-order valence-electron chi connectivity index (χ3n) is 16.4.